The molecule has 0 aliphatic heterocycles. The lowest BCUT2D eigenvalue weighted by molar-refractivity contribution is 0.680. The van der Waals surface area contributed by atoms with E-state index in [1.807, 2.05) is 23.7 Å². The van der Waals surface area contributed by atoms with E-state index in [4.69, 9.17) is 11.6 Å². The first kappa shape index (κ1) is 12.5. The molecule has 0 atom stereocenters. The monoisotopic (exact) mass is 296 g/mol. The van der Waals surface area contributed by atoms with Crippen LogP contribution in [0.5, 0.6) is 0 Å². The Bertz CT molecular complexity index is 524. The van der Waals surface area contributed by atoms with Crippen molar-refractivity contribution in [3.8, 4) is 0 Å². The van der Waals surface area contributed by atoms with Gasteiger partial charge in [-0.05, 0) is 36.6 Å². The van der Waals surface area contributed by atoms with E-state index in [2.05, 4.69) is 16.4 Å². The Balaban J connectivity index is 1.77. The van der Waals surface area contributed by atoms with E-state index in [1.165, 1.54) is 23.3 Å². The molecule has 3 rings (SSSR count). The van der Waals surface area contributed by atoms with Crippen LogP contribution in [0.15, 0.2) is 39.0 Å². The zero-order chi connectivity index (χ0) is 12.4. The van der Waals surface area contributed by atoms with Crippen LogP contribution in [-0.2, 0) is 6.54 Å². The van der Waals surface area contributed by atoms with Gasteiger partial charge in [0.1, 0.15) is 0 Å². The number of hydrogen-bond donors (Lipinski definition) is 1. The topological polar surface area (TPSA) is 24.9 Å². The Morgan fingerprint density at radius 3 is 3.06 bits per heavy atom. The lowest BCUT2D eigenvalue weighted by Crippen LogP contribution is -2.15. The predicted octanol–water partition coefficient (Wildman–Crippen LogP) is 4.20. The summed E-state index contributed by atoms with van der Waals surface area (Å²) in [4.78, 5) is 5.55. The van der Waals surface area contributed by atoms with E-state index >= 15 is 0 Å². The second kappa shape index (κ2) is 5.61. The van der Waals surface area contributed by atoms with Crippen LogP contribution in [0.25, 0.3) is 0 Å². The van der Waals surface area contributed by atoms with E-state index in [0.29, 0.717) is 6.04 Å². The van der Waals surface area contributed by atoms with Crippen molar-refractivity contribution in [3.05, 3.63) is 40.4 Å². The molecule has 1 saturated carbocycles. The zero-order valence-electron chi connectivity index (χ0n) is 9.73. The molecule has 1 N–H and O–H groups in total. The fraction of sp³-hybridized carbons (Fsp3) is 0.308. The maximum absolute atomic E-state index is 6.08. The Hall–Kier alpha value is -0.550. The van der Waals surface area contributed by atoms with Gasteiger partial charge >= 0.3 is 0 Å². The number of benzene rings is 1. The third-order valence-corrected chi connectivity index (χ3v) is 5.02. The summed E-state index contributed by atoms with van der Waals surface area (Å²) in [6.07, 6.45) is 4.44. The van der Waals surface area contributed by atoms with Crippen molar-refractivity contribution >= 4 is 34.7 Å². The first-order valence-corrected chi connectivity index (χ1v) is 7.98. The molecule has 0 radical (unpaired) electrons. The number of rotatable bonds is 5. The fourth-order valence-corrected chi connectivity index (χ4v) is 3.57. The van der Waals surface area contributed by atoms with E-state index in [0.717, 1.165) is 15.9 Å². The fourth-order valence-electron chi connectivity index (χ4n) is 1.68. The van der Waals surface area contributed by atoms with Gasteiger partial charge < -0.3 is 5.32 Å². The van der Waals surface area contributed by atoms with Crippen LogP contribution in [0, 0.1) is 0 Å². The number of nitrogens with zero attached hydrogens (tertiary/aromatic N) is 1. The molecule has 1 aliphatic rings. The molecule has 94 valence electrons. The second-order valence-corrected chi connectivity index (χ2v) is 6.93. The van der Waals surface area contributed by atoms with Crippen LogP contribution in [0.1, 0.15) is 18.4 Å². The Labute approximate surface area is 120 Å². The molecule has 2 aromatic rings. The van der Waals surface area contributed by atoms with Crippen molar-refractivity contribution in [2.24, 2.45) is 0 Å². The largest absolute Gasteiger partial charge is 0.310 e. The standard InChI is InChI=1S/C13H13ClN2S2/c14-10-1-4-12(18-13-15-5-6-17-13)9(7-10)8-16-11-2-3-11/h1,4-7,11,16H,2-3,8H2. The van der Waals surface area contributed by atoms with Crippen LogP contribution in [0.4, 0.5) is 0 Å². The van der Waals surface area contributed by atoms with Crippen molar-refractivity contribution in [2.45, 2.75) is 34.7 Å². The molecule has 0 spiro atoms. The summed E-state index contributed by atoms with van der Waals surface area (Å²) >= 11 is 9.46. The van der Waals surface area contributed by atoms with Crippen LogP contribution in [0.3, 0.4) is 0 Å². The van der Waals surface area contributed by atoms with Gasteiger partial charge in [-0.1, -0.05) is 23.4 Å². The maximum Gasteiger partial charge on any atom is 0.154 e. The highest BCUT2D eigenvalue weighted by Crippen LogP contribution is 2.33. The molecule has 18 heavy (non-hydrogen) atoms. The minimum absolute atomic E-state index is 0.710. The van der Waals surface area contributed by atoms with Crippen LogP contribution in [0.2, 0.25) is 5.02 Å². The lowest BCUT2D eigenvalue weighted by Gasteiger charge is -2.09. The highest BCUT2D eigenvalue weighted by atomic mass is 35.5. The van der Waals surface area contributed by atoms with Gasteiger partial charge in [-0.15, -0.1) is 11.3 Å². The molecule has 0 amide bonds. The molecule has 0 saturated heterocycles. The summed E-state index contributed by atoms with van der Waals surface area (Å²) in [5.41, 5.74) is 1.26. The summed E-state index contributed by atoms with van der Waals surface area (Å²) in [5.74, 6) is 0. The minimum atomic E-state index is 0.710. The van der Waals surface area contributed by atoms with Gasteiger partial charge in [0.05, 0.1) is 0 Å². The Morgan fingerprint density at radius 2 is 2.33 bits per heavy atom. The Morgan fingerprint density at radius 1 is 1.44 bits per heavy atom. The quantitative estimate of drug-likeness (QED) is 0.895. The molecule has 1 aliphatic carbocycles. The molecule has 0 unspecified atom stereocenters. The maximum atomic E-state index is 6.08. The molecule has 1 heterocycles. The highest BCUT2D eigenvalue weighted by molar-refractivity contribution is 8.01. The third kappa shape index (κ3) is 3.26. The number of hydrogen-bond acceptors (Lipinski definition) is 4. The van der Waals surface area contributed by atoms with Gasteiger partial charge in [-0.2, -0.15) is 0 Å². The average Bonchev–Trinajstić information content (AvgIpc) is 3.06. The first-order chi connectivity index (χ1) is 8.81. The van der Waals surface area contributed by atoms with Gasteiger partial charge in [0.15, 0.2) is 4.34 Å². The summed E-state index contributed by atoms with van der Waals surface area (Å²) in [6.45, 7) is 0.888. The summed E-state index contributed by atoms with van der Waals surface area (Å²) in [5, 5.41) is 6.33. The van der Waals surface area contributed by atoms with E-state index in [1.54, 1.807) is 23.1 Å². The second-order valence-electron chi connectivity index (χ2n) is 4.31. The molecular formula is C13H13ClN2S2. The predicted molar refractivity (Wildman–Crippen MR) is 77.6 cm³/mol. The Kier molecular flexibility index (Phi) is 3.89. The molecule has 1 fully saturated rings. The van der Waals surface area contributed by atoms with Crippen LogP contribution >= 0.6 is 34.7 Å². The first-order valence-electron chi connectivity index (χ1n) is 5.90. The van der Waals surface area contributed by atoms with Gasteiger partial charge in [-0.25, -0.2) is 4.98 Å². The van der Waals surface area contributed by atoms with Gasteiger partial charge in [0, 0.05) is 34.1 Å². The third-order valence-electron chi connectivity index (χ3n) is 2.79. The normalized spacial score (nSPS) is 14.9. The van der Waals surface area contributed by atoms with Crippen molar-refractivity contribution in [2.75, 3.05) is 0 Å². The SMILES string of the molecule is Clc1ccc(Sc2nccs2)c(CNC2CC2)c1. The molecule has 2 nitrogen and oxygen atoms in total. The summed E-state index contributed by atoms with van der Waals surface area (Å²) in [7, 11) is 0. The zero-order valence-corrected chi connectivity index (χ0v) is 12.1. The van der Waals surface area contributed by atoms with E-state index in [9.17, 15) is 0 Å². The summed E-state index contributed by atoms with van der Waals surface area (Å²) < 4.78 is 1.07. The number of nitrogens with one attached hydrogen (secondary N) is 1. The molecule has 1 aromatic heterocycles. The van der Waals surface area contributed by atoms with Gasteiger partial charge in [0.25, 0.3) is 0 Å². The molecular weight excluding hydrogens is 284 g/mol. The van der Waals surface area contributed by atoms with E-state index in [-0.39, 0.29) is 0 Å². The van der Waals surface area contributed by atoms with Gasteiger partial charge in [0.2, 0.25) is 0 Å². The van der Waals surface area contributed by atoms with Crippen molar-refractivity contribution in [3.63, 3.8) is 0 Å². The van der Waals surface area contributed by atoms with Gasteiger partial charge in [-0.3, -0.25) is 0 Å². The molecule has 0 bridgehead atoms. The van der Waals surface area contributed by atoms with Crippen molar-refractivity contribution < 1.29 is 0 Å². The smallest absolute Gasteiger partial charge is 0.154 e. The lowest BCUT2D eigenvalue weighted by atomic mass is 10.2. The van der Waals surface area contributed by atoms with Crippen LogP contribution < -0.4 is 5.32 Å². The van der Waals surface area contributed by atoms with Crippen LogP contribution in [-0.4, -0.2) is 11.0 Å². The average molecular weight is 297 g/mol. The minimum Gasteiger partial charge on any atom is -0.310 e. The molecule has 5 heteroatoms. The van der Waals surface area contributed by atoms with Crippen molar-refractivity contribution in [1.82, 2.24) is 10.3 Å². The number of halogens is 1. The molecule has 1 aromatic carbocycles. The number of thiazole rings is 1. The van der Waals surface area contributed by atoms with E-state index < -0.39 is 0 Å². The summed E-state index contributed by atoms with van der Waals surface area (Å²) in [6, 6.07) is 6.78. The highest BCUT2D eigenvalue weighted by Gasteiger charge is 2.20. The number of aromatic nitrogens is 1. The van der Waals surface area contributed by atoms with Crippen molar-refractivity contribution in [1.29, 1.82) is 0 Å².